The third-order valence-electron chi connectivity index (χ3n) is 3.22. The van der Waals surface area contributed by atoms with Crippen LogP contribution in [0.4, 0.5) is 11.4 Å². The first-order valence-electron chi connectivity index (χ1n) is 7.21. The number of rotatable bonds is 4. The van der Waals surface area contributed by atoms with E-state index < -0.39 is 0 Å². The lowest BCUT2D eigenvalue weighted by molar-refractivity contribution is 1.23. The van der Waals surface area contributed by atoms with E-state index in [1.807, 2.05) is 72.8 Å². The molecule has 0 radical (unpaired) electrons. The van der Waals surface area contributed by atoms with Crippen molar-refractivity contribution < 1.29 is 0 Å². The summed E-state index contributed by atoms with van der Waals surface area (Å²) in [5, 5.41) is 8.65. The molecule has 0 aliphatic rings. The fraction of sp³-hybridized carbons (Fsp3) is 0.0476. The van der Waals surface area contributed by atoms with E-state index in [9.17, 15) is 0 Å². The van der Waals surface area contributed by atoms with Crippen LogP contribution in [0.15, 0.2) is 95.2 Å². The van der Waals surface area contributed by atoms with Gasteiger partial charge in [0.15, 0.2) is 0 Å². The first-order valence-corrected chi connectivity index (χ1v) is 7.21. The zero-order valence-corrected chi connectivity index (χ0v) is 12.1. The topological polar surface area (TPSA) is 24.7 Å². The average molecular weight is 300 g/mol. The summed E-state index contributed by atoms with van der Waals surface area (Å²) < 4.78 is 0. The summed E-state index contributed by atoms with van der Waals surface area (Å²) in [7, 11) is 0. The van der Waals surface area contributed by atoms with Gasteiger partial charge in [-0.25, -0.2) is 0 Å². The molecule has 0 bridgehead atoms. The summed E-state index contributed by atoms with van der Waals surface area (Å²) in [5.41, 5.74) is 3.92. The standard InChI is InChI=1S/C20H16N2.CH4/c1-3-9-17(10-4-1)15-16-18-11-7-8-14-20(18)22-21-19-12-5-2-6-13-19;/h1-16H;1H4. The van der Waals surface area contributed by atoms with Crippen LogP contribution in [-0.2, 0) is 0 Å². The highest BCUT2D eigenvalue weighted by Crippen LogP contribution is 2.23. The van der Waals surface area contributed by atoms with Gasteiger partial charge in [0.2, 0.25) is 0 Å². The number of hydrogen-bond acceptors (Lipinski definition) is 2. The fourth-order valence-corrected chi connectivity index (χ4v) is 2.08. The van der Waals surface area contributed by atoms with Crippen molar-refractivity contribution in [3.8, 4) is 0 Å². The molecule has 2 nitrogen and oxygen atoms in total. The zero-order chi connectivity index (χ0) is 15.0. The third kappa shape index (κ3) is 4.75. The van der Waals surface area contributed by atoms with Crippen molar-refractivity contribution in [2.24, 2.45) is 10.2 Å². The quantitative estimate of drug-likeness (QED) is 0.369. The van der Waals surface area contributed by atoms with Crippen LogP contribution in [0.3, 0.4) is 0 Å². The molecule has 0 spiro atoms. The number of nitrogens with zero attached hydrogens (tertiary/aromatic N) is 2. The van der Waals surface area contributed by atoms with Gasteiger partial charge in [0.05, 0.1) is 11.4 Å². The lowest BCUT2D eigenvalue weighted by atomic mass is 10.1. The molecule has 114 valence electrons. The molecule has 0 aliphatic heterocycles. The Kier molecular flexibility index (Phi) is 6.01. The van der Waals surface area contributed by atoms with Gasteiger partial charge in [0.25, 0.3) is 0 Å². The SMILES string of the molecule is C.C(=Cc1ccccc1N=Nc1ccccc1)c1ccccc1. The van der Waals surface area contributed by atoms with Crippen LogP contribution in [0.2, 0.25) is 0 Å². The molecule has 3 aromatic rings. The molecule has 2 heteroatoms. The molecule has 0 unspecified atom stereocenters. The summed E-state index contributed by atoms with van der Waals surface area (Å²) in [6.07, 6.45) is 4.14. The largest absolute Gasteiger partial charge is 0.151 e. The van der Waals surface area contributed by atoms with Crippen LogP contribution in [0, 0.1) is 0 Å². The minimum atomic E-state index is 0. The van der Waals surface area contributed by atoms with Crippen molar-refractivity contribution in [1.82, 2.24) is 0 Å². The van der Waals surface area contributed by atoms with Crippen molar-refractivity contribution >= 4 is 23.5 Å². The first-order chi connectivity index (χ1) is 10.9. The van der Waals surface area contributed by atoms with Crippen LogP contribution in [0.25, 0.3) is 12.2 Å². The molecular weight excluding hydrogens is 280 g/mol. The van der Waals surface area contributed by atoms with Crippen LogP contribution < -0.4 is 0 Å². The summed E-state index contributed by atoms with van der Waals surface area (Å²) >= 11 is 0. The van der Waals surface area contributed by atoms with Gasteiger partial charge in [-0.3, -0.25) is 0 Å². The Labute approximate surface area is 137 Å². The van der Waals surface area contributed by atoms with E-state index in [1.165, 1.54) is 0 Å². The molecule has 3 aromatic carbocycles. The Morgan fingerprint density at radius 3 is 1.91 bits per heavy atom. The molecular formula is C21H20N2. The number of benzene rings is 3. The zero-order valence-electron chi connectivity index (χ0n) is 12.1. The van der Waals surface area contributed by atoms with Crippen LogP contribution >= 0.6 is 0 Å². The number of hydrogen-bond donors (Lipinski definition) is 0. The van der Waals surface area contributed by atoms with Gasteiger partial charge in [0, 0.05) is 5.56 Å². The first kappa shape index (κ1) is 16.4. The van der Waals surface area contributed by atoms with Gasteiger partial charge >= 0.3 is 0 Å². The second-order valence-corrected chi connectivity index (χ2v) is 4.84. The van der Waals surface area contributed by atoms with Crippen molar-refractivity contribution in [3.05, 3.63) is 96.1 Å². The highest BCUT2D eigenvalue weighted by molar-refractivity contribution is 5.75. The average Bonchev–Trinajstić information content (AvgIpc) is 2.61. The summed E-state index contributed by atoms with van der Waals surface area (Å²) in [6.45, 7) is 0. The maximum atomic E-state index is 4.36. The van der Waals surface area contributed by atoms with Crippen LogP contribution in [0.5, 0.6) is 0 Å². The van der Waals surface area contributed by atoms with E-state index in [-0.39, 0.29) is 7.43 Å². The molecule has 0 aromatic heterocycles. The Morgan fingerprint density at radius 2 is 1.17 bits per heavy atom. The van der Waals surface area contributed by atoms with Gasteiger partial charge in [-0.05, 0) is 23.8 Å². The Morgan fingerprint density at radius 1 is 0.565 bits per heavy atom. The molecule has 0 saturated carbocycles. The van der Waals surface area contributed by atoms with Gasteiger partial charge < -0.3 is 0 Å². The van der Waals surface area contributed by atoms with Crippen molar-refractivity contribution in [2.75, 3.05) is 0 Å². The van der Waals surface area contributed by atoms with E-state index >= 15 is 0 Å². The molecule has 0 N–H and O–H groups in total. The maximum absolute atomic E-state index is 4.36. The maximum Gasteiger partial charge on any atom is 0.0929 e. The molecule has 0 atom stereocenters. The lowest BCUT2D eigenvalue weighted by Gasteiger charge is -1.99. The highest BCUT2D eigenvalue weighted by Gasteiger charge is 1.97. The van der Waals surface area contributed by atoms with Crippen molar-refractivity contribution in [2.45, 2.75) is 7.43 Å². The molecule has 0 amide bonds. The predicted octanol–water partition coefficient (Wildman–Crippen LogP) is 6.91. The van der Waals surface area contributed by atoms with Gasteiger partial charge in [-0.1, -0.05) is 86.3 Å². The van der Waals surface area contributed by atoms with E-state index in [2.05, 4.69) is 34.5 Å². The fourth-order valence-electron chi connectivity index (χ4n) is 2.08. The molecule has 0 fully saturated rings. The van der Waals surface area contributed by atoms with Gasteiger partial charge in [-0.15, -0.1) is 5.11 Å². The summed E-state index contributed by atoms with van der Waals surface area (Å²) in [6, 6.07) is 28.0. The van der Waals surface area contributed by atoms with E-state index in [1.54, 1.807) is 0 Å². The highest BCUT2D eigenvalue weighted by atomic mass is 15.1. The van der Waals surface area contributed by atoms with Crippen LogP contribution in [-0.4, -0.2) is 0 Å². The molecule has 0 aliphatic carbocycles. The van der Waals surface area contributed by atoms with Gasteiger partial charge in [-0.2, -0.15) is 5.11 Å². The lowest BCUT2D eigenvalue weighted by Crippen LogP contribution is -1.74. The normalized spacial score (nSPS) is 10.8. The van der Waals surface area contributed by atoms with E-state index in [4.69, 9.17) is 0 Å². The molecule has 0 heterocycles. The molecule has 0 saturated heterocycles. The minimum absolute atomic E-state index is 0. The summed E-state index contributed by atoms with van der Waals surface area (Å²) in [5.74, 6) is 0. The van der Waals surface area contributed by atoms with E-state index in [0.717, 1.165) is 22.5 Å². The van der Waals surface area contributed by atoms with Crippen molar-refractivity contribution in [3.63, 3.8) is 0 Å². The molecule has 3 rings (SSSR count). The smallest absolute Gasteiger partial charge is 0.0929 e. The Hall–Kier alpha value is -3.00. The number of azo groups is 1. The minimum Gasteiger partial charge on any atom is -0.151 e. The molecule has 23 heavy (non-hydrogen) atoms. The Bertz CT molecular complexity index is 707. The predicted molar refractivity (Wildman–Crippen MR) is 99.2 cm³/mol. The Balaban J connectivity index is 0.00000192. The third-order valence-corrected chi connectivity index (χ3v) is 3.22. The summed E-state index contributed by atoms with van der Waals surface area (Å²) in [4.78, 5) is 0. The second kappa shape index (κ2) is 8.44. The second-order valence-electron chi connectivity index (χ2n) is 4.84. The van der Waals surface area contributed by atoms with Gasteiger partial charge in [0.1, 0.15) is 0 Å². The van der Waals surface area contributed by atoms with Crippen LogP contribution in [0.1, 0.15) is 18.6 Å². The van der Waals surface area contributed by atoms with E-state index in [0.29, 0.717) is 0 Å². The monoisotopic (exact) mass is 300 g/mol. The van der Waals surface area contributed by atoms with Crippen molar-refractivity contribution in [1.29, 1.82) is 0 Å².